The van der Waals surface area contributed by atoms with E-state index in [0.717, 1.165) is 10.6 Å². The van der Waals surface area contributed by atoms with Gasteiger partial charge in [0.15, 0.2) is 5.69 Å². The number of carbonyl (C=O) groups excluding carboxylic acids is 1. The van der Waals surface area contributed by atoms with Crippen LogP contribution in [0.2, 0.25) is 0 Å². The Labute approximate surface area is 256 Å². The number of aromatic nitrogens is 3. The zero-order chi connectivity index (χ0) is 32.4. The zero-order valence-corrected chi connectivity index (χ0v) is 25.7. The Morgan fingerprint density at radius 3 is 2.38 bits per heavy atom. The molecule has 3 aromatic heterocycles. The van der Waals surface area contributed by atoms with Crippen LogP contribution < -0.4 is 15.2 Å². The molecule has 0 unspecified atom stereocenters. The molecule has 6 aromatic rings. The monoisotopic (exact) mass is 631 g/mol. The first kappa shape index (κ1) is 29.8. The molecule has 0 bridgehead atoms. The largest absolute Gasteiger partial charge is 0.455 e. The molecular formula is C32H27F2N5O5S. The first-order chi connectivity index (χ1) is 21.3. The number of carbonyl (C=O) groups is 1. The zero-order valence-electron chi connectivity index (χ0n) is 24.8. The minimum Gasteiger partial charge on any atom is -0.455 e. The third-order valence-corrected chi connectivity index (χ3v) is 9.02. The lowest BCUT2D eigenvalue weighted by molar-refractivity contribution is 0.0964. The second-order valence-electron chi connectivity index (χ2n) is 10.6. The van der Waals surface area contributed by atoms with Gasteiger partial charge in [0.2, 0.25) is 10.0 Å². The first-order valence-electron chi connectivity index (χ1n) is 13.6. The molecule has 45 heavy (non-hydrogen) atoms. The molecule has 230 valence electrons. The van der Waals surface area contributed by atoms with Crippen molar-refractivity contribution in [3.05, 3.63) is 94.4 Å². The van der Waals surface area contributed by atoms with Crippen molar-refractivity contribution >= 4 is 43.5 Å². The summed E-state index contributed by atoms with van der Waals surface area (Å²) in [5, 5.41) is 3.24. The predicted octanol–water partition coefficient (Wildman–Crippen LogP) is 5.05. The summed E-state index contributed by atoms with van der Waals surface area (Å²) in [6.45, 7) is 0. The van der Waals surface area contributed by atoms with Crippen molar-refractivity contribution in [2.24, 2.45) is 14.1 Å². The van der Waals surface area contributed by atoms with Crippen LogP contribution in [0, 0.1) is 11.6 Å². The highest BCUT2D eigenvalue weighted by atomic mass is 32.2. The predicted molar refractivity (Wildman–Crippen MR) is 169 cm³/mol. The number of halogens is 2. The van der Waals surface area contributed by atoms with Gasteiger partial charge in [-0.25, -0.2) is 22.2 Å². The summed E-state index contributed by atoms with van der Waals surface area (Å²) in [6.07, 6.45) is 2.49. The third kappa shape index (κ3) is 4.94. The average Bonchev–Trinajstić information content (AvgIpc) is 3.55. The maximum absolute atomic E-state index is 14.7. The Morgan fingerprint density at radius 2 is 1.73 bits per heavy atom. The number of amides is 1. The van der Waals surface area contributed by atoms with Gasteiger partial charge in [-0.15, -0.1) is 0 Å². The van der Waals surface area contributed by atoms with E-state index in [9.17, 15) is 26.8 Å². The maximum Gasteiger partial charge on any atom is 0.278 e. The number of fused-ring (bicyclic) bond motifs is 2. The Bertz CT molecular complexity index is 2340. The molecule has 1 amide bonds. The highest BCUT2D eigenvalue weighted by Gasteiger charge is 2.27. The molecule has 0 saturated heterocycles. The van der Waals surface area contributed by atoms with Gasteiger partial charge in [0.1, 0.15) is 23.0 Å². The number of furan rings is 1. The van der Waals surface area contributed by atoms with Gasteiger partial charge >= 0.3 is 0 Å². The number of hydrogen-bond donors (Lipinski definition) is 1. The van der Waals surface area contributed by atoms with E-state index in [0.29, 0.717) is 27.5 Å². The van der Waals surface area contributed by atoms with Gasteiger partial charge in [-0.2, -0.15) is 0 Å². The van der Waals surface area contributed by atoms with Gasteiger partial charge in [-0.05, 0) is 48.5 Å². The van der Waals surface area contributed by atoms with Crippen molar-refractivity contribution < 1.29 is 26.4 Å². The van der Waals surface area contributed by atoms with Crippen LogP contribution in [0.15, 0.2) is 76.1 Å². The summed E-state index contributed by atoms with van der Waals surface area (Å²) in [5.74, 6) is -1.26. The minimum absolute atomic E-state index is 0.00637. The highest BCUT2D eigenvalue weighted by molar-refractivity contribution is 7.92. The van der Waals surface area contributed by atoms with Crippen LogP contribution in [-0.2, 0) is 24.1 Å². The van der Waals surface area contributed by atoms with Gasteiger partial charge in [0.25, 0.3) is 11.5 Å². The molecule has 6 rings (SSSR count). The Balaban J connectivity index is 1.68. The number of aryl methyl sites for hydroxylation is 2. The summed E-state index contributed by atoms with van der Waals surface area (Å²) >= 11 is 0. The van der Waals surface area contributed by atoms with Crippen LogP contribution in [-0.4, -0.2) is 48.8 Å². The number of anilines is 1. The van der Waals surface area contributed by atoms with E-state index >= 15 is 0 Å². The number of nitrogens with one attached hydrogen (secondary N) is 1. The van der Waals surface area contributed by atoms with Crippen LogP contribution >= 0.6 is 0 Å². The molecule has 3 heterocycles. The van der Waals surface area contributed by atoms with Crippen molar-refractivity contribution in [3.63, 3.8) is 0 Å². The average molecular weight is 632 g/mol. The van der Waals surface area contributed by atoms with E-state index in [4.69, 9.17) is 4.42 Å². The van der Waals surface area contributed by atoms with E-state index in [-0.39, 0.29) is 39.5 Å². The standard InChI is InChI=1S/C32H27F2N5O5S/c1-35-31(40)28-21-13-20(25(39(4)45(5,42)43)15-27(21)44-30(28)17-9-11-18(33)12-10-17)23-16-37(2)32(41)29(36-23)26-14-19-22(34)7-6-8-24(19)38(26)3/h6-16H,1-5H3,(H,35,40). The second kappa shape index (κ2) is 10.7. The normalized spacial score (nSPS) is 11.8. The van der Waals surface area contributed by atoms with E-state index in [1.54, 1.807) is 35.9 Å². The molecule has 0 saturated carbocycles. The molecular weight excluding hydrogens is 604 g/mol. The molecule has 0 radical (unpaired) electrons. The van der Waals surface area contributed by atoms with Gasteiger partial charge in [0, 0.05) is 62.4 Å². The number of nitrogens with zero attached hydrogens (tertiary/aromatic N) is 4. The second-order valence-corrected chi connectivity index (χ2v) is 12.7. The quantitative estimate of drug-likeness (QED) is 0.275. The van der Waals surface area contributed by atoms with Crippen LogP contribution in [0.4, 0.5) is 14.5 Å². The number of sulfonamides is 1. The van der Waals surface area contributed by atoms with Gasteiger partial charge in [-0.1, -0.05) is 6.07 Å². The fraction of sp³-hybridized carbons (Fsp3) is 0.156. The topological polar surface area (TPSA) is 119 Å². The lowest BCUT2D eigenvalue weighted by Gasteiger charge is -2.21. The van der Waals surface area contributed by atoms with Crippen LogP contribution in [0.25, 0.3) is 55.8 Å². The lowest BCUT2D eigenvalue weighted by Crippen LogP contribution is -2.26. The van der Waals surface area contributed by atoms with Crippen molar-refractivity contribution in [3.8, 4) is 34.0 Å². The van der Waals surface area contributed by atoms with Crippen molar-refractivity contribution in [2.75, 3.05) is 24.7 Å². The molecule has 0 aliphatic heterocycles. The fourth-order valence-electron chi connectivity index (χ4n) is 5.39. The molecule has 13 heteroatoms. The maximum atomic E-state index is 14.7. The van der Waals surface area contributed by atoms with Crippen LogP contribution in [0.3, 0.4) is 0 Å². The number of rotatable bonds is 6. The van der Waals surface area contributed by atoms with Gasteiger partial charge in [-0.3, -0.25) is 13.9 Å². The minimum atomic E-state index is -3.82. The number of hydrogen-bond acceptors (Lipinski definition) is 6. The molecule has 10 nitrogen and oxygen atoms in total. The molecule has 0 aliphatic rings. The summed E-state index contributed by atoms with van der Waals surface area (Å²) in [4.78, 5) is 31.3. The molecule has 3 aromatic carbocycles. The van der Waals surface area contributed by atoms with Crippen molar-refractivity contribution in [2.45, 2.75) is 0 Å². The number of benzene rings is 3. The summed E-state index contributed by atoms with van der Waals surface area (Å²) < 4.78 is 64.1. The van der Waals surface area contributed by atoms with Gasteiger partial charge < -0.3 is 18.9 Å². The van der Waals surface area contributed by atoms with E-state index in [1.807, 2.05) is 0 Å². The summed E-state index contributed by atoms with van der Waals surface area (Å²) in [5.41, 5.74) is 1.85. The SMILES string of the molecule is CNC(=O)c1c(-c2ccc(F)cc2)oc2cc(N(C)S(C)(=O)=O)c(-c3cn(C)c(=O)c(-c4cc5c(F)cccc5n4C)n3)cc12. The summed E-state index contributed by atoms with van der Waals surface area (Å²) in [7, 11) is 2.22. The Kier molecular flexibility index (Phi) is 7.08. The summed E-state index contributed by atoms with van der Waals surface area (Å²) in [6, 6.07) is 14.6. The molecule has 0 spiro atoms. The molecule has 0 aliphatic carbocycles. The van der Waals surface area contributed by atoms with Gasteiger partial charge in [0.05, 0.1) is 34.4 Å². The third-order valence-electron chi connectivity index (χ3n) is 7.83. The Hall–Kier alpha value is -5.30. The van der Waals surface area contributed by atoms with Crippen LogP contribution in [0.5, 0.6) is 0 Å². The molecule has 0 fully saturated rings. The van der Waals surface area contributed by atoms with E-state index in [2.05, 4.69) is 10.3 Å². The smallest absolute Gasteiger partial charge is 0.278 e. The molecule has 1 N–H and O–H groups in total. The van der Waals surface area contributed by atoms with E-state index in [1.165, 1.54) is 68.3 Å². The fourth-order valence-corrected chi connectivity index (χ4v) is 5.89. The van der Waals surface area contributed by atoms with Crippen molar-refractivity contribution in [1.82, 2.24) is 19.4 Å². The Morgan fingerprint density at radius 1 is 1.02 bits per heavy atom. The van der Waals surface area contributed by atoms with E-state index < -0.39 is 33.1 Å². The lowest BCUT2D eigenvalue weighted by atomic mass is 10.0. The molecule has 0 atom stereocenters. The van der Waals surface area contributed by atoms with Crippen molar-refractivity contribution in [1.29, 1.82) is 0 Å². The highest BCUT2D eigenvalue weighted by Crippen LogP contribution is 2.41. The first-order valence-corrected chi connectivity index (χ1v) is 15.5. The van der Waals surface area contributed by atoms with Crippen LogP contribution in [0.1, 0.15) is 10.4 Å².